The van der Waals surface area contributed by atoms with Crippen LogP contribution in [0.4, 0.5) is 0 Å². The van der Waals surface area contributed by atoms with Crippen LogP contribution in [0.15, 0.2) is 146 Å². The number of hydrogen-bond acceptors (Lipinski definition) is 2. The van der Waals surface area contributed by atoms with Gasteiger partial charge in [-0.25, -0.2) is 4.98 Å². The molecule has 196 valence electrons. The lowest BCUT2D eigenvalue weighted by molar-refractivity contribution is 1.08. The van der Waals surface area contributed by atoms with Crippen LogP contribution >= 0.6 is 11.3 Å². The summed E-state index contributed by atoms with van der Waals surface area (Å²) in [6.07, 6.45) is 1.92. The van der Waals surface area contributed by atoms with Gasteiger partial charge < -0.3 is 0 Å². The van der Waals surface area contributed by atoms with Crippen molar-refractivity contribution >= 4 is 64.1 Å². The van der Waals surface area contributed by atoms with Gasteiger partial charge in [0.2, 0.25) is 0 Å². The van der Waals surface area contributed by atoms with E-state index in [2.05, 4.69) is 144 Å². The Morgan fingerprint density at radius 1 is 0.452 bits per heavy atom. The Bertz CT molecular complexity index is 2470. The molecule has 0 amide bonds. The van der Waals surface area contributed by atoms with E-state index in [-0.39, 0.29) is 0 Å². The van der Waals surface area contributed by atoms with Gasteiger partial charge in [-0.1, -0.05) is 91.0 Å². The molecule has 0 spiro atoms. The molecule has 0 N–H and O–H groups in total. The fourth-order valence-electron chi connectivity index (χ4n) is 6.47. The van der Waals surface area contributed by atoms with Crippen molar-refractivity contribution in [2.45, 2.75) is 0 Å². The molecular weight excluding hydrogens is 529 g/mol. The molecule has 3 aromatic heterocycles. The van der Waals surface area contributed by atoms with Crippen molar-refractivity contribution in [2.24, 2.45) is 0 Å². The Kier molecular flexibility index (Phi) is 5.10. The van der Waals surface area contributed by atoms with Crippen molar-refractivity contribution in [2.75, 3.05) is 0 Å². The maximum Gasteiger partial charge on any atom is 0.138 e. The van der Waals surface area contributed by atoms with Crippen molar-refractivity contribution in [3.05, 3.63) is 146 Å². The second-order valence-corrected chi connectivity index (χ2v) is 11.9. The molecule has 0 bridgehead atoms. The second-order valence-electron chi connectivity index (χ2n) is 10.8. The lowest BCUT2D eigenvalue weighted by atomic mass is 9.99. The first kappa shape index (κ1) is 23.5. The molecule has 0 saturated carbocycles. The predicted octanol–water partition coefficient (Wildman–Crippen LogP) is 11.0. The van der Waals surface area contributed by atoms with Crippen molar-refractivity contribution in [1.82, 2.24) is 9.55 Å². The number of benzene rings is 6. The average Bonchev–Trinajstić information content (AvgIpc) is 3.60. The van der Waals surface area contributed by atoms with Crippen LogP contribution in [0.1, 0.15) is 0 Å². The van der Waals surface area contributed by atoms with E-state index in [1.165, 1.54) is 58.4 Å². The second kappa shape index (κ2) is 9.13. The molecule has 3 heteroatoms. The van der Waals surface area contributed by atoms with E-state index in [4.69, 9.17) is 4.98 Å². The summed E-state index contributed by atoms with van der Waals surface area (Å²) in [5, 5.41) is 7.65. The average molecular weight is 553 g/mol. The summed E-state index contributed by atoms with van der Waals surface area (Å²) < 4.78 is 4.98. The minimum absolute atomic E-state index is 0.922. The number of rotatable bonds is 3. The van der Waals surface area contributed by atoms with Crippen LogP contribution in [0.25, 0.3) is 80.8 Å². The van der Waals surface area contributed by atoms with Gasteiger partial charge in [-0.05, 0) is 81.6 Å². The monoisotopic (exact) mass is 552 g/mol. The van der Waals surface area contributed by atoms with Gasteiger partial charge >= 0.3 is 0 Å². The summed E-state index contributed by atoms with van der Waals surface area (Å²) >= 11 is 1.86. The van der Waals surface area contributed by atoms with Crippen molar-refractivity contribution in [1.29, 1.82) is 0 Å². The molecule has 0 aliphatic heterocycles. The SMILES string of the molecule is c1ccc(-c2ccnc(-n3c4ccc(-c5ccc6sc7ccccc7c6c5)cc4c4c5ccccc5ccc43)c2)cc1. The quantitative estimate of drug-likeness (QED) is 0.213. The van der Waals surface area contributed by atoms with Gasteiger partial charge in [-0.3, -0.25) is 4.57 Å². The first-order valence-corrected chi connectivity index (χ1v) is 15.0. The summed E-state index contributed by atoms with van der Waals surface area (Å²) in [6, 6.07) is 50.5. The Labute approximate surface area is 246 Å². The molecular formula is C39H24N2S. The zero-order valence-electron chi connectivity index (χ0n) is 22.7. The zero-order chi connectivity index (χ0) is 27.6. The number of nitrogens with zero attached hydrogens (tertiary/aromatic N) is 2. The topological polar surface area (TPSA) is 17.8 Å². The predicted molar refractivity (Wildman–Crippen MR) is 180 cm³/mol. The van der Waals surface area contributed by atoms with Crippen LogP contribution in [-0.4, -0.2) is 9.55 Å². The summed E-state index contributed by atoms with van der Waals surface area (Å²) in [6.45, 7) is 0. The molecule has 0 fully saturated rings. The van der Waals surface area contributed by atoms with Crippen molar-refractivity contribution < 1.29 is 0 Å². The number of hydrogen-bond donors (Lipinski definition) is 0. The highest BCUT2D eigenvalue weighted by molar-refractivity contribution is 7.25. The van der Waals surface area contributed by atoms with Crippen LogP contribution in [0, 0.1) is 0 Å². The lowest BCUT2D eigenvalue weighted by Crippen LogP contribution is -1.97. The standard InChI is InChI=1S/C39H24N2S/c1-2-8-25(9-3-1)29-20-21-40-38(24-29)41-34-17-15-27(23-33(34)39-30-11-5-4-10-26(30)14-18-35(39)41)28-16-19-37-32(22-28)31-12-6-7-13-36(31)42-37/h1-24H. The van der Waals surface area contributed by atoms with Crippen LogP contribution < -0.4 is 0 Å². The van der Waals surface area contributed by atoms with Crippen molar-refractivity contribution in [3.8, 4) is 28.1 Å². The molecule has 2 nitrogen and oxygen atoms in total. The molecule has 0 saturated heterocycles. The fourth-order valence-corrected chi connectivity index (χ4v) is 7.56. The molecule has 0 unspecified atom stereocenters. The normalized spacial score (nSPS) is 11.8. The highest BCUT2D eigenvalue weighted by Gasteiger charge is 2.17. The minimum atomic E-state index is 0.922. The number of thiophene rings is 1. The number of aromatic nitrogens is 2. The maximum absolute atomic E-state index is 4.89. The zero-order valence-corrected chi connectivity index (χ0v) is 23.5. The van der Waals surface area contributed by atoms with E-state index in [1.807, 2.05) is 17.5 Å². The van der Waals surface area contributed by atoms with Gasteiger partial charge in [-0.2, -0.15) is 0 Å². The highest BCUT2D eigenvalue weighted by Crippen LogP contribution is 2.40. The number of pyridine rings is 1. The molecule has 0 aliphatic carbocycles. The molecule has 6 aromatic carbocycles. The highest BCUT2D eigenvalue weighted by atomic mass is 32.1. The molecule has 42 heavy (non-hydrogen) atoms. The van der Waals surface area contributed by atoms with Gasteiger partial charge in [0, 0.05) is 37.1 Å². The van der Waals surface area contributed by atoms with Gasteiger partial charge in [0.05, 0.1) is 11.0 Å². The molecule has 9 rings (SSSR count). The van der Waals surface area contributed by atoms with E-state index in [0.717, 1.165) is 22.4 Å². The first-order chi connectivity index (χ1) is 20.8. The van der Waals surface area contributed by atoms with Crippen LogP contribution in [-0.2, 0) is 0 Å². The van der Waals surface area contributed by atoms with Gasteiger partial charge in [0.25, 0.3) is 0 Å². The summed E-state index contributed by atoms with van der Waals surface area (Å²) in [4.78, 5) is 4.89. The van der Waals surface area contributed by atoms with Crippen LogP contribution in [0.3, 0.4) is 0 Å². The van der Waals surface area contributed by atoms with E-state index in [0.29, 0.717) is 0 Å². The van der Waals surface area contributed by atoms with E-state index < -0.39 is 0 Å². The first-order valence-electron chi connectivity index (χ1n) is 14.2. The molecule has 9 aromatic rings. The van der Waals surface area contributed by atoms with Gasteiger partial charge in [0.1, 0.15) is 5.82 Å². The Morgan fingerprint density at radius 3 is 2.05 bits per heavy atom. The third-order valence-electron chi connectivity index (χ3n) is 8.45. The van der Waals surface area contributed by atoms with Gasteiger partial charge in [-0.15, -0.1) is 11.3 Å². The van der Waals surface area contributed by atoms with Crippen molar-refractivity contribution in [3.63, 3.8) is 0 Å². The lowest BCUT2D eigenvalue weighted by Gasteiger charge is -2.10. The Hall–Kier alpha value is -5.25. The van der Waals surface area contributed by atoms with Gasteiger partial charge in [0.15, 0.2) is 0 Å². The minimum Gasteiger partial charge on any atom is -0.294 e. The fraction of sp³-hybridized carbons (Fsp3) is 0. The molecule has 0 radical (unpaired) electrons. The summed E-state index contributed by atoms with van der Waals surface area (Å²) in [5.74, 6) is 0.922. The van der Waals surface area contributed by atoms with E-state index in [9.17, 15) is 0 Å². The van der Waals surface area contributed by atoms with Crippen LogP contribution in [0.5, 0.6) is 0 Å². The smallest absolute Gasteiger partial charge is 0.138 e. The largest absolute Gasteiger partial charge is 0.294 e. The number of fused-ring (bicyclic) bond motifs is 8. The maximum atomic E-state index is 4.89. The third-order valence-corrected chi connectivity index (χ3v) is 9.60. The molecule has 0 atom stereocenters. The Morgan fingerprint density at radius 2 is 1.14 bits per heavy atom. The Balaban J connectivity index is 1.32. The van der Waals surface area contributed by atoms with E-state index >= 15 is 0 Å². The van der Waals surface area contributed by atoms with E-state index in [1.54, 1.807) is 0 Å². The molecule has 0 aliphatic rings. The summed E-state index contributed by atoms with van der Waals surface area (Å²) in [5.41, 5.74) is 7.12. The molecule has 3 heterocycles. The summed E-state index contributed by atoms with van der Waals surface area (Å²) in [7, 11) is 0. The third kappa shape index (κ3) is 3.54. The van der Waals surface area contributed by atoms with Crippen LogP contribution in [0.2, 0.25) is 0 Å².